The Morgan fingerprint density at radius 2 is 1.88 bits per heavy atom. The number of rotatable bonds is 3. The molecule has 0 unspecified atom stereocenters. The van der Waals surface area contributed by atoms with E-state index in [-0.39, 0.29) is 25.0 Å². The average molecular weight is 257 g/mol. The molecule has 0 atom stereocenters. The lowest BCUT2D eigenvalue weighted by atomic mass is 10.1. The summed E-state index contributed by atoms with van der Waals surface area (Å²) in [6.45, 7) is -0.215. The molecule has 0 fully saturated rings. The van der Waals surface area contributed by atoms with Gasteiger partial charge in [0, 0.05) is 6.61 Å². The Labute approximate surface area is 94.7 Å². The Hall–Kier alpha value is -0.810. The first-order valence-electron chi connectivity index (χ1n) is 4.52. The van der Waals surface area contributed by atoms with Crippen molar-refractivity contribution in [1.82, 2.24) is 0 Å². The number of hydrogen-bond acceptors (Lipinski definition) is 1. The minimum Gasteiger partial charge on any atom is -0.396 e. The zero-order valence-corrected chi connectivity index (χ0v) is 8.87. The van der Waals surface area contributed by atoms with Crippen molar-refractivity contribution in [2.45, 2.75) is 19.0 Å². The van der Waals surface area contributed by atoms with Crippen LogP contribution in [0.25, 0.3) is 0 Å². The van der Waals surface area contributed by atoms with Crippen molar-refractivity contribution >= 4 is 11.6 Å². The summed E-state index contributed by atoms with van der Waals surface area (Å²) in [6, 6.07) is 1.27. The molecule has 1 aromatic rings. The van der Waals surface area contributed by atoms with Gasteiger partial charge in [-0.2, -0.15) is 13.2 Å². The molecule has 1 aromatic carbocycles. The van der Waals surface area contributed by atoms with E-state index in [0.29, 0.717) is 6.07 Å². The van der Waals surface area contributed by atoms with Crippen LogP contribution >= 0.6 is 11.6 Å². The lowest BCUT2D eigenvalue weighted by Gasteiger charge is -2.11. The van der Waals surface area contributed by atoms with Gasteiger partial charge in [-0.3, -0.25) is 0 Å². The molecule has 0 spiro atoms. The number of hydrogen-bond donors (Lipinski definition) is 1. The Balaban J connectivity index is 3.12. The molecule has 1 rings (SSSR count). The van der Waals surface area contributed by atoms with Crippen molar-refractivity contribution in [2.75, 3.05) is 6.61 Å². The van der Waals surface area contributed by atoms with Gasteiger partial charge in [-0.25, -0.2) is 4.39 Å². The first kappa shape index (κ1) is 13.3. The molecule has 0 saturated heterocycles. The number of benzene rings is 1. The van der Waals surface area contributed by atoms with Gasteiger partial charge in [0.1, 0.15) is 5.82 Å². The summed E-state index contributed by atoms with van der Waals surface area (Å²) in [6.07, 6.45) is -4.34. The number of aliphatic hydroxyl groups is 1. The maximum Gasteiger partial charge on any atom is 0.416 e. The minimum atomic E-state index is -4.55. The quantitative estimate of drug-likeness (QED) is 0.822. The van der Waals surface area contributed by atoms with Crippen molar-refractivity contribution in [3.8, 4) is 0 Å². The Morgan fingerprint density at radius 1 is 1.25 bits per heavy atom. The van der Waals surface area contributed by atoms with Crippen LogP contribution < -0.4 is 0 Å². The molecule has 0 aromatic heterocycles. The van der Waals surface area contributed by atoms with E-state index in [2.05, 4.69) is 0 Å². The highest BCUT2D eigenvalue weighted by Gasteiger charge is 2.32. The van der Waals surface area contributed by atoms with Crippen molar-refractivity contribution in [1.29, 1.82) is 0 Å². The molecular weight excluding hydrogens is 248 g/mol. The van der Waals surface area contributed by atoms with Crippen LogP contribution in [0, 0.1) is 5.82 Å². The number of aliphatic hydroxyl groups excluding tert-OH is 1. The molecule has 0 aliphatic rings. The SMILES string of the molecule is OCCCc1cc(C(F)(F)F)cc(Cl)c1F. The van der Waals surface area contributed by atoms with E-state index < -0.39 is 22.6 Å². The monoisotopic (exact) mass is 256 g/mol. The number of alkyl halides is 3. The fourth-order valence-corrected chi connectivity index (χ4v) is 1.50. The molecule has 0 aliphatic carbocycles. The molecular formula is C10H9ClF4O. The normalized spacial score (nSPS) is 11.9. The summed E-state index contributed by atoms with van der Waals surface area (Å²) in [4.78, 5) is 0. The van der Waals surface area contributed by atoms with Gasteiger partial charge in [0.15, 0.2) is 0 Å². The Morgan fingerprint density at radius 3 is 2.38 bits per heavy atom. The first-order chi connectivity index (χ1) is 7.36. The molecule has 0 radical (unpaired) electrons. The second-order valence-corrected chi connectivity index (χ2v) is 3.66. The topological polar surface area (TPSA) is 20.2 Å². The average Bonchev–Trinajstić information content (AvgIpc) is 2.18. The van der Waals surface area contributed by atoms with Gasteiger partial charge in [-0.1, -0.05) is 11.6 Å². The van der Waals surface area contributed by atoms with E-state index in [0.717, 1.165) is 6.07 Å². The standard InChI is InChI=1S/C10H9ClF4O/c11-8-5-7(10(13,14)15)4-6(9(8)12)2-1-3-16/h4-5,16H,1-3H2. The predicted molar refractivity (Wildman–Crippen MR) is 51.8 cm³/mol. The van der Waals surface area contributed by atoms with E-state index in [4.69, 9.17) is 16.7 Å². The number of halogens is 5. The van der Waals surface area contributed by atoms with Crippen LogP contribution in [0.4, 0.5) is 17.6 Å². The minimum absolute atomic E-state index is 0.0198. The first-order valence-corrected chi connectivity index (χ1v) is 4.90. The van der Waals surface area contributed by atoms with Crippen LogP contribution in [-0.2, 0) is 12.6 Å². The fraction of sp³-hybridized carbons (Fsp3) is 0.400. The molecule has 0 amide bonds. The van der Waals surface area contributed by atoms with Crippen LogP contribution in [-0.4, -0.2) is 11.7 Å². The maximum atomic E-state index is 13.3. The van der Waals surface area contributed by atoms with Crippen LogP contribution in [0.15, 0.2) is 12.1 Å². The predicted octanol–water partition coefficient (Wildman–Crippen LogP) is 3.42. The third-order valence-corrected chi connectivity index (χ3v) is 2.31. The molecule has 90 valence electrons. The third kappa shape index (κ3) is 3.09. The highest BCUT2D eigenvalue weighted by Crippen LogP contribution is 2.33. The van der Waals surface area contributed by atoms with Gasteiger partial charge < -0.3 is 5.11 Å². The van der Waals surface area contributed by atoms with E-state index in [9.17, 15) is 17.6 Å². The van der Waals surface area contributed by atoms with Gasteiger partial charge in [0.05, 0.1) is 10.6 Å². The molecule has 0 aliphatic heterocycles. The number of aryl methyl sites for hydroxylation is 1. The third-order valence-electron chi connectivity index (χ3n) is 2.04. The Kier molecular flexibility index (Phi) is 4.15. The van der Waals surface area contributed by atoms with Crippen molar-refractivity contribution < 1.29 is 22.7 Å². The fourth-order valence-electron chi connectivity index (χ4n) is 1.26. The summed E-state index contributed by atoms with van der Waals surface area (Å²) in [7, 11) is 0. The zero-order valence-electron chi connectivity index (χ0n) is 8.11. The summed E-state index contributed by atoms with van der Waals surface area (Å²) >= 11 is 5.37. The van der Waals surface area contributed by atoms with E-state index >= 15 is 0 Å². The zero-order chi connectivity index (χ0) is 12.3. The van der Waals surface area contributed by atoms with Gasteiger partial charge >= 0.3 is 6.18 Å². The van der Waals surface area contributed by atoms with E-state index in [1.807, 2.05) is 0 Å². The van der Waals surface area contributed by atoms with Crippen LogP contribution in [0.2, 0.25) is 5.02 Å². The molecule has 1 N–H and O–H groups in total. The summed E-state index contributed by atoms with van der Waals surface area (Å²) in [5.74, 6) is -0.858. The Bertz CT molecular complexity index is 376. The summed E-state index contributed by atoms with van der Waals surface area (Å²) in [5, 5.41) is 7.99. The molecule has 6 heteroatoms. The van der Waals surface area contributed by atoms with E-state index in [1.54, 1.807) is 0 Å². The maximum absolute atomic E-state index is 13.3. The smallest absolute Gasteiger partial charge is 0.396 e. The van der Waals surface area contributed by atoms with Gasteiger partial charge in [0.2, 0.25) is 0 Å². The highest BCUT2D eigenvalue weighted by molar-refractivity contribution is 6.30. The molecule has 0 saturated carbocycles. The van der Waals surface area contributed by atoms with Crippen LogP contribution in [0.1, 0.15) is 17.5 Å². The summed E-state index contributed by atoms with van der Waals surface area (Å²) in [5.41, 5.74) is -1.11. The largest absolute Gasteiger partial charge is 0.416 e. The van der Waals surface area contributed by atoms with Crippen molar-refractivity contribution in [3.63, 3.8) is 0 Å². The highest BCUT2D eigenvalue weighted by atomic mass is 35.5. The van der Waals surface area contributed by atoms with E-state index in [1.165, 1.54) is 0 Å². The molecule has 0 bridgehead atoms. The van der Waals surface area contributed by atoms with Crippen molar-refractivity contribution in [2.24, 2.45) is 0 Å². The lowest BCUT2D eigenvalue weighted by Crippen LogP contribution is -2.07. The van der Waals surface area contributed by atoms with Gasteiger partial charge in [-0.05, 0) is 30.5 Å². The van der Waals surface area contributed by atoms with Gasteiger partial charge in [-0.15, -0.1) is 0 Å². The van der Waals surface area contributed by atoms with Crippen LogP contribution in [0.5, 0.6) is 0 Å². The second-order valence-electron chi connectivity index (χ2n) is 3.26. The van der Waals surface area contributed by atoms with Crippen molar-refractivity contribution in [3.05, 3.63) is 34.1 Å². The van der Waals surface area contributed by atoms with Gasteiger partial charge in [0.25, 0.3) is 0 Å². The second kappa shape index (κ2) is 5.01. The van der Waals surface area contributed by atoms with Crippen LogP contribution in [0.3, 0.4) is 0 Å². The molecule has 16 heavy (non-hydrogen) atoms. The molecule has 1 nitrogen and oxygen atoms in total. The lowest BCUT2D eigenvalue weighted by molar-refractivity contribution is -0.137. The summed E-state index contributed by atoms with van der Waals surface area (Å²) < 4.78 is 50.4. The molecule has 0 heterocycles.